The molecular weight excluding hydrogens is 546 g/mol. The molecule has 0 aromatic heterocycles. The highest BCUT2D eigenvalue weighted by atomic mass is 35.5. The minimum atomic E-state index is -0.519. The third-order valence-corrected chi connectivity index (χ3v) is 6.54. The van der Waals surface area contributed by atoms with Crippen LogP contribution in [0.3, 0.4) is 0 Å². The highest BCUT2D eigenvalue weighted by Gasteiger charge is 2.35. The summed E-state index contributed by atoms with van der Waals surface area (Å²) in [5.74, 6) is -0.154. The maximum absolute atomic E-state index is 12.9. The molecule has 0 aliphatic carbocycles. The van der Waals surface area contributed by atoms with Crippen molar-refractivity contribution in [2.24, 2.45) is 0 Å². The Balaban J connectivity index is 1.43. The largest absolute Gasteiger partial charge is 0.490 e. The Morgan fingerprint density at radius 3 is 2.54 bits per heavy atom. The van der Waals surface area contributed by atoms with Crippen molar-refractivity contribution in [1.82, 2.24) is 4.90 Å². The van der Waals surface area contributed by atoms with Crippen molar-refractivity contribution < 1.29 is 28.8 Å². The van der Waals surface area contributed by atoms with E-state index < -0.39 is 16.1 Å². The number of halogens is 1. The second kappa shape index (κ2) is 12.5. The van der Waals surface area contributed by atoms with Gasteiger partial charge in [-0.1, -0.05) is 35.9 Å². The van der Waals surface area contributed by atoms with Gasteiger partial charge in [-0.05, 0) is 66.2 Å². The zero-order chi connectivity index (χ0) is 27.9. The number of nitrogens with one attached hydrogen (secondary N) is 1. The Morgan fingerprint density at radius 1 is 1.08 bits per heavy atom. The van der Waals surface area contributed by atoms with Gasteiger partial charge in [-0.25, -0.2) is 0 Å². The maximum atomic E-state index is 12.9. The number of non-ortho nitro benzene ring substituents is 1. The van der Waals surface area contributed by atoms with Crippen molar-refractivity contribution >= 4 is 57.9 Å². The topological polar surface area (TPSA) is 128 Å². The molecule has 0 unspecified atom stereocenters. The molecule has 1 aliphatic rings. The van der Waals surface area contributed by atoms with Gasteiger partial charge in [0.25, 0.3) is 22.7 Å². The number of hydrogen-bond donors (Lipinski definition) is 1. The Hall–Kier alpha value is -4.35. The first-order chi connectivity index (χ1) is 18.7. The number of hydrogen-bond acceptors (Lipinski definition) is 8. The van der Waals surface area contributed by atoms with E-state index in [1.54, 1.807) is 55.5 Å². The van der Waals surface area contributed by atoms with Crippen LogP contribution in [0.25, 0.3) is 6.08 Å². The molecule has 1 heterocycles. The summed E-state index contributed by atoms with van der Waals surface area (Å²) in [5.41, 5.74) is 1.64. The molecule has 1 aliphatic heterocycles. The second-order valence-electron chi connectivity index (χ2n) is 8.18. The van der Waals surface area contributed by atoms with E-state index in [0.717, 1.165) is 16.7 Å². The monoisotopic (exact) mass is 567 g/mol. The lowest BCUT2D eigenvalue weighted by Crippen LogP contribution is -2.27. The Bertz CT molecular complexity index is 1460. The lowest BCUT2D eigenvalue weighted by atomic mass is 10.1. The average Bonchev–Trinajstić information content (AvgIpc) is 3.16. The molecule has 10 nitrogen and oxygen atoms in total. The minimum absolute atomic E-state index is 0.00573. The first-order valence-corrected chi connectivity index (χ1v) is 12.9. The molecule has 0 bridgehead atoms. The molecule has 4 rings (SSSR count). The van der Waals surface area contributed by atoms with E-state index >= 15 is 0 Å². The van der Waals surface area contributed by atoms with E-state index in [0.29, 0.717) is 39.9 Å². The molecule has 200 valence electrons. The number of ether oxygens (including phenoxy) is 2. The van der Waals surface area contributed by atoms with E-state index in [-0.39, 0.29) is 29.7 Å². The van der Waals surface area contributed by atoms with Gasteiger partial charge in [0.05, 0.1) is 23.0 Å². The van der Waals surface area contributed by atoms with Gasteiger partial charge in [0, 0.05) is 22.8 Å². The fourth-order valence-corrected chi connectivity index (χ4v) is 4.63. The van der Waals surface area contributed by atoms with Gasteiger partial charge in [0.2, 0.25) is 0 Å². The number of nitro benzene ring substituents is 1. The van der Waals surface area contributed by atoms with Gasteiger partial charge in [0.1, 0.15) is 0 Å². The van der Waals surface area contributed by atoms with Crippen LogP contribution in [-0.2, 0) is 16.1 Å². The van der Waals surface area contributed by atoms with Crippen molar-refractivity contribution in [2.75, 3.05) is 18.5 Å². The van der Waals surface area contributed by atoms with E-state index in [1.165, 1.54) is 24.3 Å². The van der Waals surface area contributed by atoms with E-state index in [1.807, 2.05) is 0 Å². The minimum Gasteiger partial charge on any atom is -0.490 e. The number of imide groups is 1. The quantitative estimate of drug-likeness (QED) is 0.182. The maximum Gasteiger partial charge on any atom is 0.293 e. The molecule has 3 aromatic rings. The van der Waals surface area contributed by atoms with Crippen molar-refractivity contribution in [3.05, 3.63) is 97.9 Å². The predicted octanol–water partition coefficient (Wildman–Crippen LogP) is 5.90. The van der Waals surface area contributed by atoms with Crippen LogP contribution >= 0.6 is 23.4 Å². The molecule has 39 heavy (non-hydrogen) atoms. The fraction of sp³-hybridized carbons (Fsp3) is 0.148. The van der Waals surface area contributed by atoms with Gasteiger partial charge < -0.3 is 14.8 Å². The van der Waals surface area contributed by atoms with Crippen molar-refractivity contribution in [3.63, 3.8) is 0 Å². The standard InChI is InChI=1S/C27H22ClN3O7S/c1-2-37-23-12-18(8-11-22(23)38-16-25(32)29-20-5-3-4-19(28)14-20)13-24-26(33)30(27(34)39-24)15-17-6-9-21(10-7-17)31(35)36/h3-14H,2,15-16H2,1H3,(H,29,32)/b24-13-. The predicted molar refractivity (Wildman–Crippen MR) is 148 cm³/mol. The van der Waals surface area contributed by atoms with Gasteiger partial charge in [0.15, 0.2) is 18.1 Å². The van der Waals surface area contributed by atoms with Crippen molar-refractivity contribution in [3.8, 4) is 11.5 Å². The van der Waals surface area contributed by atoms with Crippen molar-refractivity contribution in [2.45, 2.75) is 13.5 Å². The summed E-state index contributed by atoms with van der Waals surface area (Å²) in [4.78, 5) is 49.4. The van der Waals surface area contributed by atoms with E-state index in [9.17, 15) is 24.5 Å². The number of rotatable bonds is 10. The molecule has 0 atom stereocenters. The summed E-state index contributed by atoms with van der Waals surface area (Å²) < 4.78 is 11.3. The summed E-state index contributed by atoms with van der Waals surface area (Å²) in [6.07, 6.45) is 1.57. The molecule has 0 radical (unpaired) electrons. The average molecular weight is 568 g/mol. The van der Waals surface area contributed by atoms with Crippen LogP contribution in [0.15, 0.2) is 71.6 Å². The summed E-state index contributed by atoms with van der Waals surface area (Å²) in [6.45, 7) is 1.85. The van der Waals surface area contributed by atoms with Gasteiger partial charge in [-0.15, -0.1) is 0 Å². The summed E-state index contributed by atoms with van der Waals surface area (Å²) >= 11 is 6.74. The number of benzene rings is 3. The molecule has 1 saturated heterocycles. The van der Waals surface area contributed by atoms with Gasteiger partial charge in [-0.3, -0.25) is 29.4 Å². The summed E-state index contributed by atoms with van der Waals surface area (Å²) in [6, 6.07) is 17.3. The second-order valence-corrected chi connectivity index (χ2v) is 9.61. The fourth-order valence-electron chi connectivity index (χ4n) is 3.60. The molecule has 1 N–H and O–H groups in total. The van der Waals surface area contributed by atoms with Crippen LogP contribution in [0.5, 0.6) is 11.5 Å². The molecule has 3 aromatic carbocycles. The van der Waals surface area contributed by atoms with Gasteiger partial charge >= 0.3 is 0 Å². The summed E-state index contributed by atoms with van der Waals surface area (Å²) in [7, 11) is 0. The van der Waals surface area contributed by atoms with Crippen LogP contribution in [0.4, 0.5) is 16.2 Å². The lowest BCUT2D eigenvalue weighted by molar-refractivity contribution is -0.384. The number of anilines is 1. The molecule has 1 fully saturated rings. The van der Waals surface area contributed by atoms with Crippen LogP contribution < -0.4 is 14.8 Å². The SMILES string of the molecule is CCOc1cc(/C=C2\SC(=O)N(Cc3ccc([N+](=O)[O-])cc3)C2=O)ccc1OCC(=O)Nc1cccc(Cl)c1. The summed E-state index contributed by atoms with van der Waals surface area (Å²) in [5, 5.41) is 13.6. The first-order valence-electron chi connectivity index (χ1n) is 11.7. The third kappa shape index (κ3) is 7.15. The van der Waals surface area contributed by atoms with Crippen LogP contribution in [0, 0.1) is 10.1 Å². The van der Waals surface area contributed by atoms with Gasteiger partial charge in [-0.2, -0.15) is 0 Å². The Labute approximate surface area is 232 Å². The van der Waals surface area contributed by atoms with Crippen LogP contribution in [0.2, 0.25) is 5.02 Å². The smallest absolute Gasteiger partial charge is 0.293 e. The highest BCUT2D eigenvalue weighted by Crippen LogP contribution is 2.35. The number of nitro groups is 1. The number of amides is 3. The zero-order valence-corrected chi connectivity index (χ0v) is 22.2. The number of thioether (sulfide) groups is 1. The van der Waals surface area contributed by atoms with E-state index in [2.05, 4.69) is 5.32 Å². The zero-order valence-electron chi connectivity index (χ0n) is 20.6. The first kappa shape index (κ1) is 27.7. The Kier molecular flexibility index (Phi) is 8.84. The normalized spacial score (nSPS) is 14.0. The van der Waals surface area contributed by atoms with E-state index in [4.69, 9.17) is 21.1 Å². The molecule has 0 saturated carbocycles. The number of carbonyl (C=O) groups excluding carboxylic acids is 3. The highest BCUT2D eigenvalue weighted by molar-refractivity contribution is 8.18. The Morgan fingerprint density at radius 2 is 1.85 bits per heavy atom. The number of nitrogens with zero attached hydrogens (tertiary/aromatic N) is 2. The van der Waals surface area contributed by atoms with Crippen LogP contribution in [-0.4, -0.2) is 40.1 Å². The lowest BCUT2D eigenvalue weighted by Gasteiger charge is -2.13. The third-order valence-electron chi connectivity index (χ3n) is 5.39. The molecule has 0 spiro atoms. The molecular formula is C27H22ClN3O7S. The van der Waals surface area contributed by atoms with Crippen molar-refractivity contribution in [1.29, 1.82) is 0 Å². The number of carbonyl (C=O) groups is 3. The van der Waals surface area contributed by atoms with Crippen LogP contribution in [0.1, 0.15) is 18.1 Å². The molecule has 3 amide bonds. The molecule has 12 heteroatoms.